The highest BCUT2D eigenvalue weighted by Gasteiger charge is 2.29. The van der Waals surface area contributed by atoms with E-state index in [0.717, 1.165) is 25.1 Å². The monoisotopic (exact) mass is 352 g/mol. The van der Waals surface area contributed by atoms with Crippen molar-refractivity contribution in [2.24, 2.45) is 0 Å². The van der Waals surface area contributed by atoms with Gasteiger partial charge in [0.1, 0.15) is 5.75 Å². The number of ether oxygens (including phenoxy) is 1. The molecular weight excluding hydrogens is 333 g/mol. The number of nitrogens with zero attached hydrogens (tertiary/aromatic N) is 1. The fourth-order valence-corrected chi connectivity index (χ4v) is 3.48. The molecule has 1 aromatic carbocycles. The molecule has 0 radical (unpaired) electrons. The number of fused-ring (bicyclic) bond motifs is 2. The molecule has 0 saturated carbocycles. The molecule has 0 aromatic heterocycles. The second kappa shape index (κ2) is 7.77. The number of halogens is 4. The van der Waals surface area contributed by atoms with E-state index < -0.39 is 6.61 Å². The zero-order valence-corrected chi connectivity index (χ0v) is 13.7. The van der Waals surface area contributed by atoms with E-state index in [-0.39, 0.29) is 18.2 Å². The molecule has 3 rings (SSSR count). The van der Waals surface area contributed by atoms with Crippen LogP contribution < -0.4 is 10.1 Å². The average molecular weight is 353 g/mol. The first-order valence-electron chi connectivity index (χ1n) is 7.32. The Morgan fingerprint density at radius 1 is 1.27 bits per heavy atom. The Morgan fingerprint density at radius 2 is 2.05 bits per heavy atom. The largest absolute Gasteiger partial charge is 0.434 e. The van der Waals surface area contributed by atoms with Crippen molar-refractivity contribution in [3.05, 3.63) is 28.8 Å². The summed E-state index contributed by atoms with van der Waals surface area (Å²) in [5.74, 6) is 0.219. The van der Waals surface area contributed by atoms with Crippen molar-refractivity contribution in [3.63, 3.8) is 0 Å². The fourth-order valence-electron chi connectivity index (χ4n) is 3.28. The minimum atomic E-state index is -2.81. The SMILES string of the molecule is Cl.FC(F)Oc1ccc(Cl)cc1CN1CCC2CCC(C1)N2. The van der Waals surface area contributed by atoms with Gasteiger partial charge in [-0.15, -0.1) is 12.4 Å². The van der Waals surface area contributed by atoms with E-state index >= 15 is 0 Å². The molecule has 2 atom stereocenters. The first-order valence-corrected chi connectivity index (χ1v) is 7.69. The summed E-state index contributed by atoms with van der Waals surface area (Å²) in [6.07, 6.45) is 3.54. The van der Waals surface area contributed by atoms with Gasteiger partial charge in [0.05, 0.1) is 0 Å². The number of alkyl halides is 2. The third-order valence-corrected chi connectivity index (χ3v) is 4.48. The predicted octanol–water partition coefficient (Wildman–Crippen LogP) is 3.69. The summed E-state index contributed by atoms with van der Waals surface area (Å²) >= 11 is 5.99. The molecule has 1 N–H and O–H groups in total. The Morgan fingerprint density at radius 3 is 2.82 bits per heavy atom. The third kappa shape index (κ3) is 4.44. The van der Waals surface area contributed by atoms with Crippen LogP contribution in [0.25, 0.3) is 0 Å². The van der Waals surface area contributed by atoms with E-state index in [9.17, 15) is 8.78 Å². The summed E-state index contributed by atoms with van der Waals surface area (Å²) < 4.78 is 29.6. The Bertz CT molecular complexity index is 504. The van der Waals surface area contributed by atoms with Gasteiger partial charge in [-0.3, -0.25) is 4.90 Å². The smallest absolute Gasteiger partial charge is 0.387 e. The molecule has 0 aliphatic carbocycles. The Balaban J connectivity index is 0.00000176. The number of likely N-dealkylation sites (tertiary alicyclic amines) is 1. The highest BCUT2D eigenvalue weighted by Crippen LogP contribution is 2.28. The predicted molar refractivity (Wildman–Crippen MR) is 85.2 cm³/mol. The van der Waals surface area contributed by atoms with Crippen LogP contribution in [0.15, 0.2) is 18.2 Å². The topological polar surface area (TPSA) is 24.5 Å². The molecule has 2 aliphatic heterocycles. The molecule has 124 valence electrons. The van der Waals surface area contributed by atoms with Crippen molar-refractivity contribution in [2.75, 3.05) is 13.1 Å². The van der Waals surface area contributed by atoms with Crippen molar-refractivity contribution in [1.82, 2.24) is 10.2 Å². The molecule has 2 aliphatic rings. The maximum atomic E-state index is 12.5. The Hall–Kier alpha value is -0.620. The van der Waals surface area contributed by atoms with Crippen LogP contribution in [0.5, 0.6) is 5.75 Å². The molecule has 22 heavy (non-hydrogen) atoms. The number of hydrogen-bond donors (Lipinski definition) is 1. The lowest BCUT2D eigenvalue weighted by Gasteiger charge is -2.25. The maximum absolute atomic E-state index is 12.5. The van der Waals surface area contributed by atoms with Gasteiger partial charge >= 0.3 is 6.61 Å². The highest BCUT2D eigenvalue weighted by molar-refractivity contribution is 6.30. The van der Waals surface area contributed by atoms with E-state index in [2.05, 4.69) is 15.0 Å². The van der Waals surface area contributed by atoms with Gasteiger partial charge in [0.25, 0.3) is 0 Å². The normalized spacial score (nSPS) is 24.9. The summed E-state index contributed by atoms with van der Waals surface area (Å²) in [4.78, 5) is 2.29. The highest BCUT2D eigenvalue weighted by atomic mass is 35.5. The minimum absolute atomic E-state index is 0. The summed E-state index contributed by atoms with van der Waals surface area (Å²) in [5.41, 5.74) is 0.723. The fraction of sp³-hybridized carbons (Fsp3) is 0.600. The Labute approximate surface area is 140 Å². The summed E-state index contributed by atoms with van der Waals surface area (Å²) in [5, 5.41) is 4.15. The van der Waals surface area contributed by atoms with Gasteiger partial charge in [0.2, 0.25) is 0 Å². The lowest BCUT2D eigenvalue weighted by atomic mass is 10.1. The lowest BCUT2D eigenvalue weighted by Crippen LogP contribution is -2.35. The standard InChI is InChI=1S/C15H19ClF2N2O.ClH/c16-11-1-4-14(21-15(17)18)10(7-11)8-20-6-5-12-2-3-13(9-20)19-12;/h1,4,7,12-13,15,19H,2-3,5-6,8-9H2;1H. The van der Waals surface area contributed by atoms with Crippen molar-refractivity contribution in [2.45, 2.75) is 44.5 Å². The molecule has 0 spiro atoms. The van der Waals surface area contributed by atoms with Crippen LogP contribution in [0.3, 0.4) is 0 Å². The van der Waals surface area contributed by atoms with Crippen LogP contribution in [0.2, 0.25) is 5.02 Å². The van der Waals surface area contributed by atoms with Gasteiger partial charge < -0.3 is 10.1 Å². The first-order chi connectivity index (χ1) is 10.1. The number of nitrogens with one attached hydrogen (secondary N) is 1. The number of benzene rings is 1. The molecule has 0 amide bonds. The first kappa shape index (κ1) is 17.7. The van der Waals surface area contributed by atoms with Crippen LogP contribution in [0.4, 0.5) is 8.78 Å². The summed E-state index contributed by atoms with van der Waals surface area (Å²) in [6.45, 7) is -0.314. The lowest BCUT2D eigenvalue weighted by molar-refractivity contribution is -0.0507. The number of hydrogen-bond acceptors (Lipinski definition) is 3. The molecule has 7 heteroatoms. The van der Waals surface area contributed by atoms with Crippen LogP contribution >= 0.6 is 24.0 Å². The molecule has 2 heterocycles. The molecular formula is C15H20Cl2F2N2O. The molecule has 1 aromatic rings. The van der Waals surface area contributed by atoms with Crippen molar-refractivity contribution >= 4 is 24.0 Å². The van der Waals surface area contributed by atoms with Crippen LogP contribution in [-0.2, 0) is 6.54 Å². The second-order valence-electron chi connectivity index (χ2n) is 5.79. The van der Waals surface area contributed by atoms with Crippen molar-refractivity contribution < 1.29 is 13.5 Å². The van der Waals surface area contributed by atoms with E-state index in [0.29, 0.717) is 23.7 Å². The van der Waals surface area contributed by atoms with Gasteiger partial charge in [-0.2, -0.15) is 8.78 Å². The van der Waals surface area contributed by atoms with Gasteiger partial charge in [-0.25, -0.2) is 0 Å². The summed E-state index contributed by atoms with van der Waals surface area (Å²) in [7, 11) is 0. The molecule has 2 bridgehead atoms. The minimum Gasteiger partial charge on any atom is -0.434 e. The van der Waals surface area contributed by atoms with Crippen molar-refractivity contribution in [1.29, 1.82) is 0 Å². The molecule has 2 fully saturated rings. The van der Waals surface area contributed by atoms with E-state index in [4.69, 9.17) is 11.6 Å². The Kier molecular flexibility index (Phi) is 6.26. The zero-order chi connectivity index (χ0) is 14.8. The van der Waals surface area contributed by atoms with Gasteiger partial charge in [-0.1, -0.05) is 11.6 Å². The van der Waals surface area contributed by atoms with Crippen LogP contribution in [-0.4, -0.2) is 36.7 Å². The van der Waals surface area contributed by atoms with Crippen molar-refractivity contribution in [3.8, 4) is 5.75 Å². The van der Waals surface area contributed by atoms with E-state index in [1.54, 1.807) is 12.1 Å². The quantitative estimate of drug-likeness (QED) is 0.894. The zero-order valence-electron chi connectivity index (χ0n) is 12.1. The van der Waals surface area contributed by atoms with Gasteiger partial charge in [0.15, 0.2) is 0 Å². The second-order valence-corrected chi connectivity index (χ2v) is 6.23. The van der Waals surface area contributed by atoms with Gasteiger partial charge in [-0.05, 0) is 37.5 Å². The summed E-state index contributed by atoms with van der Waals surface area (Å²) in [6, 6.07) is 5.93. The third-order valence-electron chi connectivity index (χ3n) is 4.24. The van der Waals surface area contributed by atoms with Gasteiger partial charge in [0, 0.05) is 42.3 Å². The molecule has 2 saturated heterocycles. The number of rotatable bonds is 4. The average Bonchev–Trinajstić information content (AvgIpc) is 2.75. The van der Waals surface area contributed by atoms with Crippen LogP contribution in [0, 0.1) is 0 Å². The van der Waals surface area contributed by atoms with E-state index in [1.165, 1.54) is 18.9 Å². The molecule has 2 unspecified atom stereocenters. The van der Waals surface area contributed by atoms with E-state index in [1.807, 2.05) is 0 Å². The maximum Gasteiger partial charge on any atom is 0.387 e. The van der Waals surface area contributed by atoms with Crippen LogP contribution in [0.1, 0.15) is 24.8 Å². The molecule has 3 nitrogen and oxygen atoms in total.